The Hall–Kier alpha value is -1.11. The quantitative estimate of drug-likeness (QED) is 0.651. The van der Waals surface area contributed by atoms with Crippen molar-refractivity contribution < 1.29 is 12.9 Å². The van der Waals surface area contributed by atoms with Crippen molar-refractivity contribution in [2.24, 2.45) is 5.73 Å². The summed E-state index contributed by atoms with van der Waals surface area (Å²) in [6.45, 7) is 5.72. The fourth-order valence-electron chi connectivity index (χ4n) is 2.94. The van der Waals surface area contributed by atoms with Gasteiger partial charge in [0.1, 0.15) is 0 Å². The molecule has 0 saturated carbocycles. The monoisotopic (exact) mass is 359 g/mol. The second-order valence-corrected chi connectivity index (χ2v) is 8.12. The van der Waals surface area contributed by atoms with Gasteiger partial charge in [0.05, 0.1) is 13.1 Å². The van der Waals surface area contributed by atoms with Crippen LogP contribution in [0.4, 0.5) is 0 Å². The molecule has 2 N–H and O–H groups in total. The average molecular weight is 359 g/mol. The zero-order chi connectivity index (χ0) is 17.2. The number of rotatable bonds is 5. The van der Waals surface area contributed by atoms with Crippen LogP contribution in [0.25, 0.3) is 0 Å². The number of likely N-dealkylation sites (N-methyl/N-ethyl adjacent to an activating group) is 1. The van der Waals surface area contributed by atoms with E-state index in [2.05, 4.69) is 19.9 Å². The van der Waals surface area contributed by atoms with E-state index in [0.717, 1.165) is 13.1 Å². The molecule has 2 fully saturated rings. The molecule has 3 rings (SSSR count). The Morgan fingerprint density at radius 3 is 2.17 bits per heavy atom. The summed E-state index contributed by atoms with van der Waals surface area (Å²) in [5, 5.41) is 3.88. The van der Waals surface area contributed by atoms with E-state index in [-0.39, 0.29) is 6.54 Å². The highest BCUT2D eigenvalue weighted by molar-refractivity contribution is 7.86. The van der Waals surface area contributed by atoms with Gasteiger partial charge in [-0.15, -0.1) is 0 Å². The van der Waals surface area contributed by atoms with E-state index in [1.807, 2.05) is 7.05 Å². The minimum atomic E-state index is -3.36. The lowest BCUT2D eigenvalue weighted by Crippen LogP contribution is -2.56. The van der Waals surface area contributed by atoms with Gasteiger partial charge in [-0.25, -0.2) is 0 Å². The molecule has 2 aliphatic heterocycles. The summed E-state index contributed by atoms with van der Waals surface area (Å²) in [5.74, 6) is 1.01. The fourth-order valence-corrected chi connectivity index (χ4v) is 4.51. The molecule has 10 nitrogen and oxygen atoms in total. The Morgan fingerprint density at radius 1 is 1.04 bits per heavy atom. The van der Waals surface area contributed by atoms with Gasteiger partial charge in [-0.3, -0.25) is 4.90 Å². The van der Waals surface area contributed by atoms with Crippen molar-refractivity contribution in [1.29, 1.82) is 0 Å². The van der Waals surface area contributed by atoms with E-state index in [0.29, 0.717) is 57.5 Å². The number of aromatic nitrogens is 2. The van der Waals surface area contributed by atoms with Gasteiger partial charge in [0.25, 0.3) is 10.2 Å². The number of hydrogen-bond donors (Lipinski definition) is 1. The highest BCUT2D eigenvalue weighted by Gasteiger charge is 2.33. The standard InChI is InChI=1S/C13H25N7O3S/c1-17-2-6-19(7-3-17)24(21,22)20-8-4-18(5-9-20)11-12-15-13(10-14)23-16-12/h2-11,14H2,1H3. The summed E-state index contributed by atoms with van der Waals surface area (Å²) in [5.41, 5.74) is 5.45. The molecule has 0 radical (unpaired) electrons. The molecule has 0 atom stereocenters. The topological polar surface area (TPSA) is 112 Å². The van der Waals surface area contributed by atoms with Gasteiger partial charge in [-0.2, -0.15) is 22.0 Å². The first-order chi connectivity index (χ1) is 11.5. The predicted molar refractivity (Wildman–Crippen MR) is 87.0 cm³/mol. The van der Waals surface area contributed by atoms with Gasteiger partial charge in [-0.1, -0.05) is 5.16 Å². The van der Waals surface area contributed by atoms with E-state index in [4.69, 9.17) is 10.3 Å². The molecular formula is C13H25N7O3S. The van der Waals surface area contributed by atoms with Crippen molar-refractivity contribution in [2.45, 2.75) is 13.1 Å². The van der Waals surface area contributed by atoms with Crippen molar-refractivity contribution in [3.05, 3.63) is 11.7 Å². The second-order valence-electron chi connectivity index (χ2n) is 6.19. The van der Waals surface area contributed by atoms with Crippen molar-refractivity contribution in [2.75, 3.05) is 59.4 Å². The molecule has 1 aromatic heterocycles. The molecule has 0 aromatic carbocycles. The van der Waals surface area contributed by atoms with Gasteiger partial charge < -0.3 is 15.2 Å². The lowest BCUT2D eigenvalue weighted by atomic mass is 10.3. The minimum Gasteiger partial charge on any atom is -0.338 e. The van der Waals surface area contributed by atoms with Crippen LogP contribution in [0.3, 0.4) is 0 Å². The molecule has 11 heteroatoms. The summed E-state index contributed by atoms with van der Waals surface area (Å²) in [6, 6.07) is 0. The second kappa shape index (κ2) is 7.42. The van der Waals surface area contributed by atoms with E-state index >= 15 is 0 Å². The maximum atomic E-state index is 12.7. The molecule has 0 bridgehead atoms. The molecule has 0 unspecified atom stereocenters. The average Bonchev–Trinajstić information content (AvgIpc) is 3.03. The first kappa shape index (κ1) is 17.7. The Bertz CT molecular complexity index is 634. The Balaban J connectivity index is 1.52. The van der Waals surface area contributed by atoms with E-state index in [1.165, 1.54) is 0 Å². The molecule has 2 aliphatic rings. The van der Waals surface area contributed by atoms with Gasteiger partial charge in [0, 0.05) is 52.4 Å². The zero-order valence-electron chi connectivity index (χ0n) is 14.0. The fraction of sp³-hybridized carbons (Fsp3) is 0.846. The van der Waals surface area contributed by atoms with Crippen molar-refractivity contribution in [3.63, 3.8) is 0 Å². The minimum absolute atomic E-state index is 0.226. The van der Waals surface area contributed by atoms with Crippen LogP contribution in [-0.2, 0) is 23.3 Å². The zero-order valence-corrected chi connectivity index (χ0v) is 14.8. The van der Waals surface area contributed by atoms with Crippen LogP contribution < -0.4 is 5.73 Å². The number of hydrogen-bond acceptors (Lipinski definition) is 8. The predicted octanol–water partition coefficient (Wildman–Crippen LogP) is -1.86. The lowest BCUT2D eigenvalue weighted by molar-refractivity contribution is 0.161. The number of nitrogens with two attached hydrogens (primary N) is 1. The first-order valence-corrected chi connectivity index (χ1v) is 9.56. The molecule has 0 spiro atoms. The van der Waals surface area contributed by atoms with Crippen LogP contribution in [0.15, 0.2) is 4.52 Å². The molecule has 136 valence electrons. The number of nitrogens with zero attached hydrogens (tertiary/aromatic N) is 6. The van der Waals surface area contributed by atoms with E-state index in [1.54, 1.807) is 8.61 Å². The molecule has 1 aromatic rings. The lowest BCUT2D eigenvalue weighted by Gasteiger charge is -2.38. The largest absolute Gasteiger partial charge is 0.338 e. The van der Waals surface area contributed by atoms with Crippen LogP contribution in [0.2, 0.25) is 0 Å². The Morgan fingerprint density at radius 2 is 1.62 bits per heavy atom. The third kappa shape index (κ3) is 3.92. The van der Waals surface area contributed by atoms with Crippen molar-refractivity contribution in [3.8, 4) is 0 Å². The summed E-state index contributed by atoms with van der Waals surface area (Å²) in [7, 11) is -1.35. The third-order valence-corrected chi connectivity index (χ3v) is 6.53. The van der Waals surface area contributed by atoms with E-state index < -0.39 is 10.2 Å². The van der Waals surface area contributed by atoms with E-state index in [9.17, 15) is 8.42 Å². The highest BCUT2D eigenvalue weighted by Crippen LogP contribution is 2.15. The van der Waals surface area contributed by atoms with Crippen molar-refractivity contribution in [1.82, 2.24) is 28.6 Å². The molecule has 3 heterocycles. The van der Waals surface area contributed by atoms with Crippen LogP contribution in [0, 0.1) is 0 Å². The summed E-state index contributed by atoms with van der Waals surface area (Å²) >= 11 is 0. The van der Waals surface area contributed by atoms with Gasteiger partial charge in [0.15, 0.2) is 5.82 Å². The highest BCUT2D eigenvalue weighted by atomic mass is 32.2. The Labute approximate surface area is 142 Å². The smallest absolute Gasteiger partial charge is 0.282 e. The molecule has 0 aliphatic carbocycles. The van der Waals surface area contributed by atoms with Gasteiger partial charge in [0.2, 0.25) is 5.89 Å². The van der Waals surface area contributed by atoms with Crippen LogP contribution >= 0.6 is 0 Å². The van der Waals surface area contributed by atoms with Gasteiger partial charge >= 0.3 is 0 Å². The molecule has 24 heavy (non-hydrogen) atoms. The first-order valence-electron chi connectivity index (χ1n) is 8.16. The Kier molecular flexibility index (Phi) is 5.47. The van der Waals surface area contributed by atoms with Gasteiger partial charge in [-0.05, 0) is 7.05 Å². The maximum Gasteiger partial charge on any atom is 0.282 e. The maximum absolute atomic E-state index is 12.7. The normalized spacial score (nSPS) is 22.9. The molecule has 0 amide bonds. The SMILES string of the molecule is CN1CCN(S(=O)(=O)N2CCN(Cc3noc(CN)n3)CC2)CC1. The summed E-state index contributed by atoms with van der Waals surface area (Å²) in [6.07, 6.45) is 0. The molecular weight excluding hydrogens is 334 g/mol. The van der Waals surface area contributed by atoms with Crippen molar-refractivity contribution >= 4 is 10.2 Å². The number of piperazine rings is 2. The van der Waals surface area contributed by atoms with Crippen LogP contribution in [-0.4, -0.2) is 96.4 Å². The van der Waals surface area contributed by atoms with Crippen LogP contribution in [0.5, 0.6) is 0 Å². The van der Waals surface area contributed by atoms with Crippen LogP contribution in [0.1, 0.15) is 11.7 Å². The molecule has 2 saturated heterocycles. The summed E-state index contributed by atoms with van der Waals surface area (Å²) < 4.78 is 33.6. The summed E-state index contributed by atoms with van der Waals surface area (Å²) in [4.78, 5) is 8.45. The third-order valence-electron chi connectivity index (χ3n) is 4.50.